The van der Waals surface area contributed by atoms with Gasteiger partial charge in [-0.15, -0.1) is 0 Å². The van der Waals surface area contributed by atoms with Gasteiger partial charge in [0.25, 0.3) is 0 Å². The molecule has 4 nitrogen and oxygen atoms in total. The zero-order chi connectivity index (χ0) is 15.0. The fourth-order valence-corrected chi connectivity index (χ4v) is 3.38. The van der Waals surface area contributed by atoms with Crippen molar-refractivity contribution in [1.29, 1.82) is 0 Å². The van der Waals surface area contributed by atoms with Gasteiger partial charge in [-0.1, -0.05) is 13.8 Å². The summed E-state index contributed by atoms with van der Waals surface area (Å²) in [4.78, 5) is 14.4. The lowest BCUT2D eigenvalue weighted by Crippen LogP contribution is -2.42. The zero-order valence-corrected chi connectivity index (χ0v) is 13.2. The van der Waals surface area contributed by atoms with Gasteiger partial charge in [0.1, 0.15) is 0 Å². The molecule has 0 heterocycles. The van der Waals surface area contributed by atoms with E-state index in [1.165, 1.54) is 12.8 Å². The second kappa shape index (κ2) is 9.35. The molecule has 0 aromatic rings. The highest BCUT2D eigenvalue weighted by atomic mass is 16.3. The first kappa shape index (κ1) is 17.4. The predicted octanol–water partition coefficient (Wildman–Crippen LogP) is 2.15. The third-order valence-corrected chi connectivity index (χ3v) is 4.81. The van der Waals surface area contributed by atoms with E-state index in [0.29, 0.717) is 24.8 Å². The minimum absolute atomic E-state index is 0.0577. The first-order chi connectivity index (χ1) is 9.65. The van der Waals surface area contributed by atoms with Crippen LogP contribution in [0.5, 0.6) is 0 Å². The molecule has 0 aliphatic heterocycles. The van der Waals surface area contributed by atoms with Gasteiger partial charge >= 0.3 is 0 Å². The Hall–Kier alpha value is -0.610. The third kappa shape index (κ3) is 5.06. The number of nitrogens with zero attached hydrogens (tertiary/aromatic N) is 1. The van der Waals surface area contributed by atoms with E-state index in [1.807, 2.05) is 4.90 Å². The summed E-state index contributed by atoms with van der Waals surface area (Å²) >= 11 is 0. The van der Waals surface area contributed by atoms with Gasteiger partial charge in [-0.25, -0.2) is 0 Å². The Morgan fingerprint density at radius 2 is 1.75 bits per heavy atom. The van der Waals surface area contributed by atoms with Crippen LogP contribution in [-0.4, -0.2) is 41.7 Å². The van der Waals surface area contributed by atoms with E-state index in [4.69, 9.17) is 5.73 Å². The summed E-state index contributed by atoms with van der Waals surface area (Å²) in [5.74, 6) is 1.40. The molecule has 1 aliphatic rings. The Labute approximate surface area is 123 Å². The third-order valence-electron chi connectivity index (χ3n) is 4.81. The van der Waals surface area contributed by atoms with Crippen molar-refractivity contribution in [2.45, 2.75) is 64.8 Å². The summed E-state index contributed by atoms with van der Waals surface area (Å²) in [5, 5.41) is 9.19. The van der Waals surface area contributed by atoms with E-state index in [1.54, 1.807) is 0 Å². The van der Waals surface area contributed by atoms with Crippen molar-refractivity contribution in [1.82, 2.24) is 4.90 Å². The maximum atomic E-state index is 12.5. The van der Waals surface area contributed by atoms with Crippen molar-refractivity contribution in [3.63, 3.8) is 0 Å². The average Bonchev–Trinajstić information content (AvgIpc) is 2.48. The van der Waals surface area contributed by atoms with Gasteiger partial charge < -0.3 is 15.7 Å². The van der Waals surface area contributed by atoms with Crippen molar-refractivity contribution < 1.29 is 9.90 Å². The zero-order valence-electron chi connectivity index (χ0n) is 13.2. The van der Waals surface area contributed by atoms with Crippen LogP contribution in [0.25, 0.3) is 0 Å². The van der Waals surface area contributed by atoms with Crippen LogP contribution in [0.2, 0.25) is 0 Å². The number of carbonyl (C=O) groups excluding carboxylic acids is 1. The van der Waals surface area contributed by atoms with Crippen molar-refractivity contribution in [3.05, 3.63) is 0 Å². The number of aliphatic hydroxyl groups excluding tert-OH is 1. The van der Waals surface area contributed by atoms with Gasteiger partial charge in [0.15, 0.2) is 0 Å². The van der Waals surface area contributed by atoms with Crippen molar-refractivity contribution >= 4 is 5.91 Å². The number of hydrogen-bond acceptors (Lipinski definition) is 3. The summed E-state index contributed by atoms with van der Waals surface area (Å²) < 4.78 is 0. The number of hydrogen-bond donors (Lipinski definition) is 2. The summed E-state index contributed by atoms with van der Waals surface area (Å²) in [6, 6.07) is 0.273. The number of carbonyl (C=O) groups is 1. The molecule has 4 heteroatoms. The smallest absolute Gasteiger partial charge is 0.223 e. The molecule has 0 unspecified atom stereocenters. The Kier molecular flexibility index (Phi) is 8.15. The molecule has 1 saturated carbocycles. The molecule has 0 bridgehead atoms. The van der Waals surface area contributed by atoms with E-state index in [-0.39, 0.29) is 18.6 Å². The fraction of sp³-hybridized carbons (Fsp3) is 0.938. The maximum absolute atomic E-state index is 12.5. The van der Waals surface area contributed by atoms with E-state index in [2.05, 4.69) is 13.8 Å². The van der Waals surface area contributed by atoms with Crippen LogP contribution >= 0.6 is 0 Å². The molecule has 0 radical (unpaired) electrons. The molecule has 0 atom stereocenters. The SMILES string of the molecule is CCC(CC)N(CCO)C(=O)CC1CCC(CN)CC1. The van der Waals surface area contributed by atoms with E-state index < -0.39 is 0 Å². The number of aliphatic hydroxyl groups is 1. The molecular formula is C16H32N2O2. The van der Waals surface area contributed by atoms with Crippen molar-refractivity contribution in [3.8, 4) is 0 Å². The molecule has 0 aromatic heterocycles. The lowest BCUT2D eigenvalue weighted by atomic mass is 9.80. The Bertz CT molecular complexity index is 272. The van der Waals surface area contributed by atoms with Crippen molar-refractivity contribution in [2.75, 3.05) is 19.7 Å². The lowest BCUT2D eigenvalue weighted by molar-refractivity contribution is -0.135. The van der Waals surface area contributed by atoms with Crippen LogP contribution in [0.3, 0.4) is 0 Å². The molecule has 1 amide bonds. The van der Waals surface area contributed by atoms with Gasteiger partial charge in [-0.3, -0.25) is 4.79 Å². The quantitative estimate of drug-likeness (QED) is 0.717. The molecule has 1 rings (SSSR count). The standard InChI is InChI=1S/C16H32N2O2/c1-3-15(4-2)18(9-10-19)16(20)11-13-5-7-14(12-17)8-6-13/h13-15,19H,3-12,17H2,1-2H3. The van der Waals surface area contributed by atoms with Crippen LogP contribution in [0.15, 0.2) is 0 Å². The lowest BCUT2D eigenvalue weighted by Gasteiger charge is -2.33. The molecule has 0 spiro atoms. The second-order valence-electron chi connectivity index (χ2n) is 6.11. The van der Waals surface area contributed by atoms with E-state index in [9.17, 15) is 9.90 Å². The minimum Gasteiger partial charge on any atom is -0.395 e. The summed E-state index contributed by atoms with van der Waals surface area (Å²) in [5.41, 5.74) is 5.71. The van der Waals surface area contributed by atoms with Crippen LogP contribution in [0.4, 0.5) is 0 Å². The normalized spacial score (nSPS) is 23.1. The van der Waals surface area contributed by atoms with Gasteiger partial charge in [0.2, 0.25) is 5.91 Å². The van der Waals surface area contributed by atoms with Gasteiger partial charge in [0, 0.05) is 19.0 Å². The number of nitrogens with two attached hydrogens (primary N) is 1. The highest BCUT2D eigenvalue weighted by Crippen LogP contribution is 2.31. The van der Waals surface area contributed by atoms with Crippen LogP contribution < -0.4 is 5.73 Å². The topological polar surface area (TPSA) is 66.6 Å². The second-order valence-corrected chi connectivity index (χ2v) is 6.11. The van der Waals surface area contributed by atoms with E-state index in [0.717, 1.165) is 32.2 Å². The monoisotopic (exact) mass is 284 g/mol. The average molecular weight is 284 g/mol. The molecular weight excluding hydrogens is 252 g/mol. The summed E-state index contributed by atoms with van der Waals surface area (Å²) in [6.45, 7) is 5.53. The first-order valence-electron chi connectivity index (χ1n) is 8.26. The Balaban J connectivity index is 2.49. The highest BCUT2D eigenvalue weighted by molar-refractivity contribution is 5.76. The molecule has 1 fully saturated rings. The van der Waals surface area contributed by atoms with Gasteiger partial charge in [0.05, 0.1) is 6.61 Å². The molecule has 1 aliphatic carbocycles. The van der Waals surface area contributed by atoms with Crippen LogP contribution in [0.1, 0.15) is 58.8 Å². The van der Waals surface area contributed by atoms with Crippen LogP contribution in [0, 0.1) is 11.8 Å². The largest absolute Gasteiger partial charge is 0.395 e. The van der Waals surface area contributed by atoms with E-state index >= 15 is 0 Å². The Morgan fingerprint density at radius 1 is 1.20 bits per heavy atom. The fourth-order valence-electron chi connectivity index (χ4n) is 3.38. The molecule has 20 heavy (non-hydrogen) atoms. The summed E-state index contributed by atoms with van der Waals surface area (Å²) in [6.07, 6.45) is 7.16. The first-order valence-corrected chi connectivity index (χ1v) is 8.26. The van der Waals surface area contributed by atoms with Gasteiger partial charge in [-0.05, 0) is 56.9 Å². The Morgan fingerprint density at radius 3 is 2.20 bits per heavy atom. The number of amides is 1. The molecule has 3 N–H and O–H groups in total. The van der Waals surface area contributed by atoms with Gasteiger partial charge in [-0.2, -0.15) is 0 Å². The van der Waals surface area contributed by atoms with Crippen LogP contribution in [-0.2, 0) is 4.79 Å². The molecule has 0 aromatic carbocycles. The maximum Gasteiger partial charge on any atom is 0.223 e. The van der Waals surface area contributed by atoms with Crippen molar-refractivity contribution in [2.24, 2.45) is 17.6 Å². The summed E-state index contributed by atoms with van der Waals surface area (Å²) in [7, 11) is 0. The minimum atomic E-state index is 0.0577. The predicted molar refractivity (Wildman–Crippen MR) is 82.3 cm³/mol. The highest BCUT2D eigenvalue weighted by Gasteiger charge is 2.26. The number of rotatable bonds is 8. The molecule has 0 saturated heterocycles. The molecule has 118 valence electrons.